The van der Waals surface area contributed by atoms with Crippen molar-refractivity contribution in [2.45, 2.75) is 25.9 Å². The number of nitrogens with zero attached hydrogens (tertiary/aromatic N) is 3. The van der Waals surface area contributed by atoms with Crippen LogP contribution in [0.25, 0.3) is 5.65 Å². The Labute approximate surface area is 149 Å². The van der Waals surface area contributed by atoms with Gasteiger partial charge in [0.2, 0.25) is 0 Å². The third kappa shape index (κ3) is 2.94. The molecule has 2 aromatic heterocycles. The van der Waals surface area contributed by atoms with Crippen molar-refractivity contribution >= 4 is 17.4 Å². The van der Waals surface area contributed by atoms with Crippen molar-refractivity contribution in [3.8, 4) is 5.75 Å². The van der Waals surface area contributed by atoms with Crippen LogP contribution in [0.2, 0.25) is 0 Å². The molecule has 2 atom stereocenters. The molecule has 0 aliphatic carbocycles. The van der Waals surface area contributed by atoms with E-state index in [1.165, 1.54) is 18.3 Å². The fourth-order valence-electron chi connectivity index (χ4n) is 2.96. The zero-order valence-corrected chi connectivity index (χ0v) is 14.4. The summed E-state index contributed by atoms with van der Waals surface area (Å²) in [7, 11) is 0. The summed E-state index contributed by atoms with van der Waals surface area (Å²) in [5.41, 5.74) is 1.51. The fourth-order valence-corrected chi connectivity index (χ4v) is 2.96. The number of carbonyl (C=O) groups is 1. The van der Waals surface area contributed by atoms with Gasteiger partial charge in [-0.2, -0.15) is 5.10 Å². The van der Waals surface area contributed by atoms with Gasteiger partial charge >= 0.3 is 0 Å². The largest absolute Gasteiger partial charge is 0.491 e. The van der Waals surface area contributed by atoms with Gasteiger partial charge < -0.3 is 15.4 Å². The quantitative estimate of drug-likeness (QED) is 0.648. The maximum absolute atomic E-state index is 13.8. The van der Waals surface area contributed by atoms with Gasteiger partial charge in [0, 0.05) is 11.8 Å². The lowest BCUT2D eigenvalue weighted by Gasteiger charge is -2.20. The zero-order valence-electron chi connectivity index (χ0n) is 14.4. The number of hydrogen-bond donors (Lipinski definition) is 2. The number of halogens is 1. The number of hydrogen-bond acceptors (Lipinski definition) is 5. The molecule has 26 heavy (non-hydrogen) atoms. The minimum absolute atomic E-state index is 0.248. The number of carbonyl (C=O) groups excluding carboxylic acids is 1. The molecule has 0 fully saturated rings. The number of amides is 1. The molecule has 1 aliphatic rings. The minimum Gasteiger partial charge on any atom is -0.491 e. The van der Waals surface area contributed by atoms with Gasteiger partial charge in [-0.1, -0.05) is 0 Å². The molecule has 0 saturated heterocycles. The van der Waals surface area contributed by atoms with Crippen LogP contribution in [0.3, 0.4) is 0 Å². The summed E-state index contributed by atoms with van der Waals surface area (Å²) >= 11 is 0. The SMILES string of the molecule is C[C@@H]1COc2ccc(F)cc2[C@@H](C)Nc2ccn3ncc(c3n2)C(=O)N1. The van der Waals surface area contributed by atoms with Crippen LogP contribution >= 0.6 is 0 Å². The molecule has 2 N–H and O–H groups in total. The molecule has 4 rings (SSSR count). The smallest absolute Gasteiger partial charge is 0.257 e. The van der Waals surface area contributed by atoms with E-state index in [4.69, 9.17) is 4.74 Å². The highest BCUT2D eigenvalue weighted by atomic mass is 19.1. The van der Waals surface area contributed by atoms with Gasteiger partial charge in [-0.15, -0.1) is 0 Å². The molecule has 0 unspecified atom stereocenters. The van der Waals surface area contributed by atoms with Crippen LogP contribution in [0.15, 0.2) is 36.7 Å². The summed E-state index contributed by atoms with van der Waals surface area (Å²) in [6.45, 7) is 4.00. The van der Waals surface area contributed by atoms with E-state index in [1.54, 1.807) is 22.8 Å². The van der Waals surface area contributed by atoms with E-state index in [-0.39, 0.29) is 30.4 Å². The van der Waals surface area contributed by atoms with E-state index in [0.29, 0.717) is 28.3 Å². The summed E-state index contributed by atoms with van der Waals surface area (Å²) in [6.07, 6.45) is 3.21. The lowest BCUT2D eigenvalue weighted by atomic mass is 10.1. The molecule has 0 radical (unpaired) electrons. The Hall–Kier alpha value is -3.16. The Morgan fingerprint density at radius 1 is 1.27 bits per heavy atom. The predicted molar refractivity (Wildman–Crippen MR) is 93.8 cm³/mol. The van der Waals surface area contributed by atoms with Crippen LogP contribution in [-0.4, -0.2) is 33.2 Å². The van der Waals surface area contributed by atoms with Crippen molar-refractivity contribution in [3.63, 3.8) is 0 Å². The van der Waals surface area contributed by atoms with E-state index >= 15 is 0 Å². The molecular weight excluding hydrogens is 337 g/mol. The predicted octanol–water partition coefficient (Wildman–Crippen LogP) is 2.55. The highest BCUT2D eigenvalue weighted by molar-refractivity contribution is 5.99. The molecular formula is C18H18FN5O2. The number of benzene rings is 1. The number of rotatable bonds is 0. The molecule has 8 heteroatoms. The third-order valence-electron chi connectivity index (χ3n) is 4.28. The Balaban J connectivity index is 1.82. The topological polar surface area (TPSA) is 80.6 Å². The van der Waals surface area contributed by atoms with Crippen LogP contribution < -0.4 is 15.4 Å². The Morgan fingerprint density at radius 3 is 2.96 bits per heavy atom. The summed E-state index contributed by atoms with van der Waals surface area (Å²) in [6, 6.07) is 5.65. The molecule has 0 saturated carbocycles. The molecule has 1 aromatic carbocycles. The van der Waals surface area contributed by atoms with Crippen LogP contribution in [-0.2, 0) is 0 Å². The Morgan fingerprint density at radius 2 is 2.12 bits per heavy atom. The summed E-state index contributed by atoms with van der Waals surface area (Å²) < 4.78 is 21.1. The second-order valence-corrected chi connectivity index (χ2v) is 6.37. The van der Waals surface area contributed by atoms with Crippen LogP contribution in [0.5, 0.6) is 5.75 Å². The average molecular weight is 355 g/mol. The standard InChI is InChI=1S/C18H18FN5O2/c1-10-9-26-15-4-3-12(19)7-13(15)11(2)22-16-5-6-24-17(23-16)14(8-20-24)18(25)21-10/h3-8,10-11H,9H2,1-2H3,(H,21,25)(H,22,23)/t10-,11-/m1/s1. The van der Waals surface area contributed by atoms with Crippen LogP contribution in [0.4, 0.5) is 10.2 Å². The van der Waals surface area contributed by atoms with E-state index in [9.17, 15) is 9.18 Å². The van der Waals surface area contributed by atoms with Gasteiger partial charge in [-0.3, -0.25) is 4.79 Å². The molecule has 2 bridgehead atoms. The summed E-state index contributed by atoms with van der Waals surface area (Å²) in [5.74, 6) is 0.512. The fraction of sp³-hybridized carbons (Fsp3) is 0.278. The lowest BCUT2D eigenvalue weighted by molar-refractivity contribution is 0.0928. The molecule has 0 spiro atoms. The van der Waals surface area contributed by atoms with E-state index < -0.39 is 0 Å². The number of nitrogens with one attached hydrogen (secondary N) is 2. The number of anilines is 1. The molecule has 3 heterocycles. The third-order valence-corrected chi connectivity index (χ3v) is 4.28. The van der Waals surface area contributed by atoms with E-state index in [1.807, 2.05) is 13.8 Å². The van der Waals surface area contributed by atoms with Gasteiger partial charge in [0.05, 0.1) is 18.3 Å². The van der Waals surface area contributed by atoms with Crippen molar-refractivity contribution in [1.29, 1.82) is 0 Å². The van der Waals surface area contributed by atoms with Crippen LogP contribution in [0, 0.1) is 5.82 Å². The first-order valence-corrected chi connectivity index (χ1v) is 8.35. The van der Waals surface area contributed by atoms with Gasteiger partial charge in [-0.25, -0.2) is 13.9 Å². The van der Waals surface area contributed by atoms with Gasteiger partial charge in [0.15, 0.2) is 5.65 Å². The normalized spacial score (nSPS) is 20.2. The monoisotopic (exact) mass is 355 g/mol. The second kappa shape index (κ2) is 6.29. The highest BCUT2D eigenvalue weighted by Crippen LogP contribution is 2.29. The first kappa shape index (κ1) is 16.3. The van der Waals surface area contributed by atoms with Gasteiger partial charge in [0.25, 0.3) is 5.91 Å². The first-order valence-electron chi connectivity index (χ1n) is 8.35. The summed E-state index contributed by atoms with van der Waals surface area (Å²) in [5, 5.41) is 10.3. The molecule has 1 amide bonds. The van der Waals surface area contributed by atoms with Crippen molar-refractivity contribution in [2.24, 2.45) is 0 Å². The molecule has 1 aliphatic heterocycles. The number of aromatic nitrogens is 3. The van der Waals surface area contributed by atoms with Crippen LogP contribution in [0.1, 0.15) is 35.8 Å². The van der Waals surface area contributed by atoms with Crippen molar-refractivity contribution in [1.82, 2.24) is 19.9 Å². The van der Waals surface area contributed by atoms with E-state index in [2.05, 4.69) is 20.7 Å². The van der Waals surface area contributed by atoms with Crippen molar-refractivity contribution < 1.29 is 13.9 Å². The highest BCUT2D eigenvalue weighted by Gasteiger charge is 2.20. The van der Waals surface area contributed by atoms with Gasteiger partial charge in [-0.05, 0) is 38.1 Å². The molecule has 7 nitrogen and oxygen atoms in total. The van der Waals surface area contributed by atoms with Crippen molar-refractivity contribution in [2.75, 3.05) is 11.9 Å². The molecule has 3 aromatic rings. The number of ether oxygens (including phenoxy) is 1. The first-order chi connectivity index (χ1) is 12.5. The second-order valence-electron chi connectivity index (χ2n) is 6.37. The number of fused-ring (bicyclic) bond motifs is 2. The lowest BCUT2D eigenvalue weighted by Crippen LogP contribution is -2.36. The zero-order chi connectivity index (χ0) is 18.3. The summed E-state index contributed by atoms with van der Waals surface area (Å²) in [4.78, 5) is 17.0. The minimum atomic E-state index is -0.340. The Bertz CT molecular complexity index is 987. The maximum Gasteiger partial charge on any atom is 0.257 e. The molecule has 134 valence electrons. The average Bonchev–Trinajstić information content (AvgIpc) is 3.03. The maximum atomic E-state index is 13.8. The van der Waals surface area contributed by atoms with Crippen molar-refractivity contribution in [3.05, 3.63) is 53.6 Å². The van der Waals surface area contributed by atoms with E-state index in [0.717, 1.165) is 0 Å². The van der Waals surface area contributed by atoms with Gasteiger partial charge in [0.1, 0.15) is 29.6 Å². The Kier molecular flexibility index (Phi) is 3.95.